The predicted octanol–water partition coefficient (Wildman–Crippen LogP) is 1.60. The van der Waals surface area contributed by atoms with E-state index in [9.17, 15) is 4.79 Å². The Bertz CT molecular complexity index is 373. The van der Waals surface area contributed by atoms with Crippen LogP contribution in [0.25, 0.3) is 0 Å². The first-order valence-electron chi connectivity index (χ1n) is 5.49. The zero-order valence-corrected chi connectivity index (χ0v) is 9.85. The van der Waals surface area contributed by atoms with Gasteiger partial charge in [0.05, 0.1) is 6.61 Å². The summed E-state index contributed by atoms with van der Waals surface area (Å²) < 4.78 is 4.95. The van der Waals surface area contributed by atoms with Gasteiger partial charge in [-0.15, -0.1) is 0 Å². The highest BCUT2D eigenvalue weighted by molar-refractivity contribution is 5.76. The van der Waals surface area contributed by atoms with Crippen molar-refractivity contribution in [3.05, 3.63) is 42.6 Å². The summed E-state index contributed by atoms with van der Waals surface area (Å²) in [6, 6.07) is 6.27. The number of carbonyl (C=O) groups is 1. The molecule has 0 fully saturated rings. The summed E-state index contributed by atoms with van der Waals surface area (Å²) in [6.07, 6.45) is 1.97. The van der Waals surface area contributed by atoms with Crippen LogP contribution in [0.2, 0.25) is 0 Å². The zero-order chi connectivity index (χ0) is 12.7. The molecule has 1 aromatic carbocycles. The van der Waals surface area contributed by atoms with Gasteiger partial charge >= 0.3 is 5.97 Å². The summed E-state index contributed by atoms with van der Waals surface area (Å²) in [5.41, 5.74) is 0.940. The lowest BCUT2D eigenvalue weighted by Gasteiger charge is -2.15. The van der Waals surface area contributed by atoms with Crippen molar-refractivity contribution in [2.45, 2.75) is 19.4 Å². The smallest absolute Gasteiger partial charge is 0.328 e. The number of nitrogens with one attached hydrogen (secondary N) is 1. The van der Waals surface area contributed by atoms with Gasteiger partial charge < -0.3 is 15.2 Å². The van der Waals surface area contributed by atoms with Crippen molar-refractivity contribution in [3.8, 4) is 5.75 Å². The van der Waals surface area contributed by atoms with Crippen LogP contribution in [0.15, 0.2) is 37.0 Å². The molecule has 0 heterocycles. The minimum atomic E-state index is -0.447. The van der Waals surface area contributed by atoms with Gasteiger partial charge in [-0.2, -0.15) is 0 Å². The Morgan fingerprint density at radius 1 is 1.53 bits per heavy atom. The second-order valence-corrected chi connectivity index (χ2v) is 3.55. The van der Waals surface area contributed by atoms with E-state index in [1.807, 2.05) is 0 Å². The molecule has 92 valence electrons. The average Bonchev–Trinajstić information content (AvgIpc) is 2.31. The Morgan fingerprint density at radius 2 is 2.18 bits per heavy atom. The lowest BCUT2D eigenvalue weighted by atomic mass is 10.1. The third-order valence-electron chi connectivity index (χ3n) is 2.27. The monoisotopic (exact) mass is 235 g/mol. The van der Waals surface area contributed by atoms with Crippen molar-refractivity contribution < 1.29 is 14.6 Å². The van der Waals surface area contributed by atoms with Crippen molar-refractivity contribution in [1.82, 2.24) is 5.32 Å². The van der Waals surface area contributed by atoms with E-state index in [1.54, 1.807) is 31.2 Å². The lowest BCUT2D eigenvalue weighted by Crippen LogP contribution is -2.36. The Balaban J connectivity index is 2.68. The van der Waals surface area contributed by atoms with Crippen molar-refractivity contribution in [2.75, 3.05) is 6.61 Å². The molecular weight excluding hydrogens is 218 g/mol. The molecule has 0 aliphatic rings. The minimum absolute atomic E-state index is 0.207. The lowest BCUT2D eigenvalue weighted by molar-refractivity contribution is -0.145. The number of hydrogen-bond donors (Lipinski definition) is 2. The fourth-order valence-electron chi connectivity index (χ4n) is 1.46. The maximum atomic E-state index is 11.6. The van der Waals surface area contributed by atoms with E-state index in [1.165, 1.54) is 6.20 Å². The van der Waals surface area contributed by atoms with Crippen LogP contribution in [-0.2, 0) is 16.0 Å². The highest BCUT2D eigenvalue weighted by atomic mass is 16.5. The van der Waals surface area contributed by atoms with Crippen LogP contribution in [0.4, 0.5) is 0 Å². The van der Waals surface area contributed by atoms with E-state index < -0.39 is 6.04 Å². The molecular formula is C13H17NO3. The fourth-order valence-corrected chi connectivity index (χ4v) is 1.46. The first-order valence-corrected chi connectivity index (χ1v) is 5.49. The Hall–Kier alpha value is -1.97. The molecule has 1 unspecified atom stereocenters. The van der Waals surface area contributed by atoms with Crippen LogP contribution in [0.5, 0.6) is 5.75 Å². The highest BCUT2D eigenvalue weighted by Gasteiger charge is 2.18. The summed E-state index contributed by atoms with van der Waals surface area (Å²) in [6.45, 7) is 5.66. The van der Waals surface area contributed by atoms with Crippen molar-refractivity contribution in [1.29, 1.82) is 0 Å². The summed E-state index contributed by atoms with van der Waals surface area (Å²) >= 11 is 0. The molecule has 0 aromatic heterocycles. The molecule has 1 atom stereocenters. The van der Waals surface area contributed by atoms with Gasteiger partial charge in [0.25, 0.3) is 0 Å². The number of carbonyl (C=O) groups excluding carboxylic acids is 1. The van der Waals surface area contributed by atoms with Gasteiger partial charge in [0.15, 0.2) is 0 Å². The molecule has 0 aliphatic carbocycles. The van der Waals surface area contributed by atoms with Crippen LogP contribution in [0.1, 0.15) is 12.5 Å². The molecule has 0 bridgehead atoms. The number of benzene rings is 1. The molecule has 2 N–H and O–H groups in total. The molecule has 0 saturated heterocycles. The molecule has 1 rings (SSSR count). The van der Waals surface area contributed by atoms with Crippen LogP contribution < -0.4 is 5.32 Å². The molecule has 0 aliphatic heterocycles. The first-order chi connectivity index (χ1) is 8.17. The van der Waals surface area contributed by atoms with Gasteiger partial charge in [0.2, 0.25) is 0 Å². The third kappa shape index (κ3) is 4.18. The SMILES string of the molecule is C=CNC(Cc1ccc(O)cc1)C(=O)OCC. The second-order valence-electron chi connectivity index (χ2n) is 3.55. The van der Waals surface area contributed by atoms with Crippen molar-refractivity contribution >= 4 is 5.97 Å². The summed E-state index contributed by atoms with van der Waals surface area (Å²) in [5, 5.41) is 12.0. The van der Waals surface area contributed by atoms with Gasteiger partial charge in [0, 0.05) is 6.42 Å². The normalized spacial score (nSPS) is 11.6. The second kappa shape index (κ2) is 6.58. The topological polar surface area (TPSA) is 58.6 Å². The van der Waals surface area contributed by atoms with Gasteiger partial charge in [-0.3, -0.25) is 0 Å². The highest BCUT2D eigenvalue weighted by Crippen LogP contribution is 2.11. The van der Waals surface area contributed by atoms with E-state index >= 15 is 0 Å². The van der Waals surface area contributed by atoms with E-state index in [0.717, 1.165) is 5.56 Å². The maximum Gasteiger partial charge on any atom is 0.328 e. The molecule has 4 nitrogen and oxygen atoms in total. The van der Waals surface area contributed by atoms with Gasteiger partial charge in [-0.05, 0) is 30.8 Å². The fraction of sp³-hybridized carbons (Fsp3) is 0.308. The van der Waals surface area contributed by atoms with Crippen LogP contribution in [0, 0.1) is 0 Å². The number of aromatic hydroxyl groups is 1. The Labute approximate surface area is 101 Å². The van der Waals surface area contributed by atoms with Crippen LogP contribution in [0.3, 0.4) is 0 Å². The maximum absolute atomic E-state index is 11.6. The number of ether oxygens (including phenoxy) is 1. The van der Waals surface area contributed by atoms with Gasteiger partial charge in [-0.25, -0.2) is 4.79 Å². The largest absolute Gasteiger partial charge is 0.508 e. The summed E-state index contributed by atoms with van der Waals surface area (Å²) in [4.78, 5) is 11.6. The first kappa shape index (κ1) is 13.1. The standard InChI is InChI=1S/C13H17NO3/c1-3-14-12(13(16)17-4-2)9-10-5-7-11(15)8-6-10/h3,5-8,12,14-15H,1,4,9H2,2H3. The van der Waals surface area contributed by atoms with Crippen molar-refractivity contribution in [3.63, 3.8) is 0 Å². The molecule has 4 heteroatoms. The summed E-state index contributed by atoms with van der Waals surface area (Å²) in [5.74, 6) is -0.0985. The van der Waals surface area contributed by atoms with Gasteiger partial charge in [-0.1, -0.05) is 18.7 Å². The average molecular weight is 235 g/mol. The minimum Gasteiger partial charge on any atom is -0.508 e. The Kier molecular flexibility index (Phi) is 5.07. The third-order valence-corrected chi connectivity index (χ3v) is 2.27. The molecule has 17 heavy (non-hydrogen) atoms. The molecule has 0 amide bonds. The van der Waals surface area contributed by atoms with Crippen LogP contribution in [-0.4, -0.2) is 23.7 Å². The number of phenolic OH excluding ortho intramolecular Hbond substituents is 1. The number of rotatable bonds is 6. The van der Waals surface area contributed by atoms with Crippen LogP contribution >= 0.6 is 0 Å². The molecule has 1 aromatic rings. The quantitative estimate of drug-likeness (QED) is 0.735. The predicted molar refractivity (Wildman–Crippen MR) is 65.6 cm³/mol. The molecule has 0 spiro atoms. The van der Waals surface area contributed by atoms with Gasteiger partial charge in [0.1, 0.15) is 11.8 Å². The van der Waals surface area contributed by atoms with E-state index in [2.05, 4.69) is 11.9 Å². The van der Waals surface area contributed by atoms with Crippen molar-refractivity contribution in [2.24, 2.45) is 0 Å². The molecule has 0 radical (unpaired) electrons. The van der Waals surface area contributed by atoms with E-state index in [-0.39, 0.29) is 11.7 Å². The zero-order valence-electron chi connectivity index (χ0n) is 9.85. The summed E-state index contributed by atoms with van der Waals surface area (Å²) in [7, 11) is 0. The Morgan fingerprint density at radius 3 is 2.71 bits per heavy atom. The molecule has 0 saturated carbocycles. The number of hydrogen-bond acceptors (Lipinski definition) is 4. The van der Waals surface area contributed by atoms with E-state index in [4.69, 9.17) is 9.84 Å². The number of phenols is 1. The number of esters is 1. The van der Waals surface area contributed by atoms with E-state index in [0.29, 0.717) is 13.0 Å².